The Kier molecular flexibility index (Phi) is 1.37. The van der Waals surface area contributed by atoms with E-state index in [1.54, 1.807) is 0 Å². The van der Waals surface area contributed by atoms with E-state index in [9.17, 15) is 4.79 Å². The van der Waals surface area contributed by atoms with Gasteiger partial charge in [-0.15, -0.1) is 0 Å². The van der Waals surface area contributed by atoms with Gasteiger partial charge < -0.3 is 4.74 Å². The zero-order valence-corrected chi connectivity index (χ0v) is 8.41. The van der Waals surface area contributed by atoms with E-state index in [-0.39, 0.29) is 11.3 Å². The minimum atomic E-state index is -3.56. The van der Waals surface area contributed by atoms with Crippen molar-refractivity contribution in [1.82, 2.24) is 0 Å². The summed E-state index contributed by atoms with van der Waals surface area (Å²) >= 11 is 0. The Morgan fingerprint density at radius 3 is 3.00 bits per heavy atom. The van der Waals surface area contributed by atoms with E-state index in [0.717, 1.165) is 0 Å². The topological polar surface area (TPSA) is 26.3 Å². The molecule has 0 bridgehead atoms. The molecule has 0 saturated heterocycles. The van der Waals surface area contributed by atoms with Crippen LogP contribution in [0.4, 0.5) is 0 Å². The number of rotatable bonds is 4. The van der Waals surface area contributed by atoms with Crippen LogP contribution < -0.4 is 4.74 Å². The van der Waals surface area contributed by atoms with Crippen LogP contribution in [0.25, 0.3) is 0 Å². The van der Waals surface area contributed by atoms with Gasteiger partial charge in [0.15, 0.2) is 0 Å². The second-order valence-corrected chi connectivity index (χ2v) is 3.08. The average Bonchev–Trinajstić information content (AvgIpc) is 2.57. The first-order valence-electron chi connectivity index (χ1n) is 10.2. The fourth-order valence-electron chi connectivity index (χ4n) is 1.18. The van der Waals surface area contributed by atoms with E-state index in [1.807, 2.05) is 0 Å². The largest absolute Gasteiger partial charge is 0.493 e. The highest BCUT2D eigenvalue weighted by molar-refractivity contribution is 5.75. The standard InChI is InChI=1S/C14H18O2/c15-10-13-7-4-8-14(9-13)16-11-12-5-2-1-3-6-12/h4,7-10,12H,1-3,5-6,11H2/i1D2,2D2,3D2,5D2,6D2,12D. The molecule has 2 nitrogen and oxygen atoms in total. The second-order valence-electron chi connectivity index (χ2n) is 3.08. The molecule has 0 radical (unpaired) electrons. The van der Waals surface area contributed by atoms with E-state index in [4.69, 9.17) is 19.8 Å². The number of benzene rings is 1. The summed E-state index contributed by atoms with van der Waals surface area (Å²) in [6.07, 6.45) is -17.0. The van der Waals surface area contributed by atoms with Gasteiger partial charge in [0.25, 0.3) is 0 Å². The summed E-state index contributed by atoms with van der Waals surface area (Å²) < 4.78 is 92.7. The minimum Gasteiger partial charge on any atom is -0.493 e. The third kappa shape index (κ3) is 3.09. The van der Waals surface area contributed by atoms with E-state index in [2.05, 4.69) is 0 Å². The molecule has 16 heavy (non-hydrogen) atoms. The van der Waals surface area contributed by atoms with Crippen LogP contribution >= 0.6 is 0 Å². The van der Waals surface area contributed by atoms with E-state index < -0.39 is 44.4 Å². The van der Waals surface area contributed by atoms with Crippen LogP contribution in [0.15, 0.2) is 24.3 Å². The summed E-state index contributed by atoms with van der Waals surface area (Å²) in [6.45, 7) is -1.11. The molecule has 1 aromatic rings. The van der Waals surface area contributed by atoms with Crippen molar-refractivity contribution in [3.8, 4) is 5.75 Å². The number of hydrogen-bond acceptors (Lipinski definition) is 2. The maximum absolute atomic E-state index is 10.8. The molecule has 0 aliphatic heterocycles. The lowest BCUT2D eigenvalue weighted by atomic mass is 9.90. The molecule has 0 unspecified atom stereocenters. The molecule has 1 fully saturated rings. The molecule has 86 valence electrons. The summed E-state index contributed by atoms with van der Waals surface area (Å²) in [6, 6.07) is 5.47. The number of carbonyl (C=O) groups is 1. The van der Waals surface area contributed by atoms with Crippen LogP contribution in [0.5, 0.6) is 5.75 Å². The molecule has 0 heterocycles. The fraction of sp³-hybridized carbons (Fsp3) is 0.500. The summed E-state index contributed by atoms with van der Waals surface area (Å²) in [5.74, 6) is -3.16. The zero-order chi connectivity index (χ0) is 21.1. The molecule has 2 heteroatoms. The average molecular weight is 229 g/mol. The van der Waals surface area contributed by atoms with Crippen molar-refractivity contribution in [2.45, 2.75) is 31.9 Å². The molecule has 0 N–H and O–H groups in total. The normalized spacial score (nSPS) is 44.9. The van der Waals surface area contributed by atoms with Gasteiger partial charge in [-0.05, 0) is 30.8 Å². The summed E-state index contributed by atoms with van der Waals surface area (Å²) in [5, 5.41) is 0. The van der Waals surface area contributed by atoms with E-state index >= 15 is 0 Å². The monoisotopic (exact) mass is 229 g/mol. The highest BCUT2D eigenvalue weighted by Crippen LogP contribution is 2.24. The van der Waals surface area contributed by atoms with Crippen molar-refractivity contribution in [3.05, 3.63) is 29.8 Å². The lowest BCUT2D eigenvalue weighted by Gasteiger charge is -2.21. The maximum Gasteiger partial charge on any atom is 0.150 e. The molecule has 1 aliphatic rings. The van der Waals surface area contributed by atoms with Gasteiger partial charge in [0, 0.05) is 20.6 Å². The molecule has 0 atom stereocenters. The minimum absolute atomic E-state index is 0.0208. The summed E-state index contributed by atoms with van der Waals surface area (Å²) in [5.41, 5.74) is 0.197. The van der Waals surface area contributed by atoms with E-state index in [1.165, 1.54) is 24.3 Å². The molecule has 2 rings (SSSR count). The van der Waals surface area contributed by atoms with Crippen LogP contribution in [-0.2, 0) is 0 Å². The number of aldehydes is 1. The number of ether oxygens (including phenoxy) is 1. The third-order valence-corrected chi connectivity index (χ3v) is 1.93. The molecule has 0 aromatic heterocycles. The first-order valence-corrected chi connectivity index (χ1v) is 4.69. The molecule has 1 aliphatic carbocycles. The van der Waals surface area contributed by atoms with Crippen molar-refractivity contribution in [1.29, 1.82) is 0 Å². The summed E-state index contributed by atoms with van der Waals surface area (Å²) in [7, 11) is 0. The molecular formula is C14H18O2. The van der Waals surface area contributed by atoms with Crippen molar-refractivity contribution < 1.29 is 24.6 Å². The SMILES string of the molecule is [2H]C1([2H])C([2H])([2H])C([2H])([2H])C([2H])(COc2cccc(C=O)c2)C([2H])([2H])C1([2H])[2H]. The first kappa shape index (κ1) is 3.86. The van der Waals surface area contributed by atoms with Gasteiger partial charge in [0.2, 0.25) is 0 Å². The van der Waals surface area contributed by atoms with Gasteiger partial charge >= 0.3 is 0 Å². The first-order chi connectivity index (χ1) is 12.0. The van der Waals surface area contributed by atoms with Crippen LogP contribution in [0.1, 0.15) is 57.3 Å². The lowest BCUT2D eigenvalue weighted by Crippen LogP contribution is -2.15. The highest BCUT2D eigenvalue weighted by Gasteiger charge is 2.13. The molecule has 0 amide bonds. The van der Waals surface area contributed by atoms with Crippen molar-refractivity contribution in [2.24, 2.45) is 5.89 Å². The summed E-state index contributed by atoms with van der Waals surface area (Å²) in [4.78, 5) is 10.8. The molecule has 1 saturated carbocycles. The van der Waals surface area contributed by atoms with Gasteiger partial charge in [0.05, 0.1) is 6.61 Å². The smallest absolute Gasteiger partial charge is 0.150 e. The van der Waals surface area contributed by atoms with Gasteiger partial charge in [-0.2, -0.15) is 0 Å². The van der Waals surface area contributed by atoms with Crippen LogP contribution in [0, 0.1) is 5.89 Å². The predicted molar refractivity (Wildman–Crippen MR) is 63.9 cm³/mol. The number of hydrogen-bond donors (Lipinski definition) is 0. The van der Waals surface area contributed by atoms with Crippen LogP contribution in [0.3, 0.4) is 0 Å². The van der Waals surface area contributed by atoms with Gasteiger partial charge in [-0.1, -0.05) is 31.3 Å². The quantitative estimate of drug-likeness (QED) is 0.739. The predicted octanol–water partition coefficient (Wildman–Crippen LogP) is 3.46. The highest BCUT2D eigenvalue weighted by atomic mass is 16.5. The Hall–Kier alpha value is -1.31. The third-order valence-electron chi connectivity index (χ3n) is 1.93. The van der Waals surface area contributed by atoms with Gasteiger partial charge in [-0.3, -0.25) is 4.79 Å². The Morgan fingerprint density at radius 1 is 1.44 bits per heavy atom. The Morgan fingerprint density at radius 2 is 2.25 bits per heavy atom. The van der Waals surface area contributed by atoms with Gasteiger partial charge in [0.1, 0.15) is 12.0 Å². The maximum atomic E-state index is 10.8. The van der Waals surface area contributed by atoms with Crippen LogP contribution in [-0.4, -0.2) is 12.9 Å². The second kappa shape index (κ2) is 5.69. The van der Waals surface area contributed by atoms with Crippen molar-refractivity contribution >= 4 is 6.29 Å². The molecule has 1 aromatic carbocycles. The van der Waals surface area contributed by atoms with Crippen molar-refractivity contribution in [2.75, 3.05) is 6.61 Å². The molecular weight excluding hydrogens is 200 g/mol. The number of carbonyl (C=O) groups excluding carboxylic acids is 1. The van der Waals surface area contributed by atoms with Gasteiger partial charge in [-0.25, -0.2) is 0 Å². The van der Waals surface area contributed by atoms with Crippen molar-refractivity contribution in [3.63, 3.8) is 0 Å². The Balaban J connectivity index is 2.55. The van der Waals surface area contributed by atoms with E-state index in [0.29, 0.717) is 6.29 Å². The molecule has 0 spiro atoms. The Labute approximate surface area is 112 Å². The fourth-order valence-corrected chi connectivity index (χ4v) is 1.18. The van der Waals surface area contributed by atoms with Crippen LogP contribution in [0.2, 0.25) is 0 Å². The lowest BCUT2D eigenvalue weighted by molar-refractivity contribution is 0.112. The zero-order valence-electron chi connectivity index (χ0n) is 19.4. The Bertz CT molecular complexity index is 714.